The number of nitrogens with zero attached hydrogens (tertiary/aromatic N) is 2. The second-order valence-corrected chi connectivity index (χ2v) is 8.51. The number of nitro groups is 1. The number of rotatable bonds is 4. The van der Waals surface area contributed by atoms with Crippen LogP contribution in [0.1, 0.15) is 36.7 Å². The van der Waals surface area contributed by atoms with Crippen molar-refractivity contribution in [2.45, 2.75) is 26.2 Å². The van der Waals surface area contributed by atoms with Gasteiger partial charge in [-0.15, -0.1) is 11.3 Å². The molecule has 1 aromatic heterocycles. The van der Waals surface area contributed by atoms with Crippen molar-refractivity contribution in [3.8, 4) is 11.3 Å². The third-order valence-electron chi connectivity index (χ3n) is 4.18. The van der Waals surface area contributed by atoms with E-state index in [4.69, 9.17) is 11.6 Å². The van der Waals surface area contributed by atoms with Gasteiger partial charge in [0, 0.05) is 22.6 Å². The highest BCUT2D eigenvalue weighted by molar-refractivity contribution is 7.14. The largest absolute Gasteiger partial charge is 0.298 e. The highest BCUT2D eigenvalue weighted by Crippen LogP contribution is 2.29. The fourth-order valence-electron chi connectivity index (χ4n) is 2.57. The maximum Gasteiger partial charge on any atom is 0.287 e. The Hall–Kier alpha value is -2.77. The summed E-state index contributed by atoms with van der Waals surface area (Å²) in [6, 6.07) is 12.0. The number of anilines is 1. The molecule has 1 N–H and O–H groups in total. The molecule has 28 heavy (non-hydrogen) atoms. The molecule has 1 heterocycles. The van der Waals surface area contributed by atoms with Gasteiger partial charge in [-0.25, -0.2) is 4.98 Å². The number of halogens is 1. The molecule has 0 spiro atoms. The van der Waals surface area contributed by atoms with Crippen molar-refractivity contribution >= 4 is 39.7 Å². The first-order valence-corrected chi connectivity index (χ1v) is 9.72. The average Bonchev–Trinajstić information content (AvgIpc) is 3.09. The highest BCUT2D eigenvalue weighted by atomic mass is 35.5. The molecule has 3 aromatic rings. The van der Waals surface area contributed by atoms with Crippen molar-refractivity contribution in [3.05, 3.63) is 74.1 Å². The Morgan fingerprint density at radius 2 is 1.86 bits per heavy atom. The van der Waals surface area contributed by atoms with Crippen LogP contribution in [0.3, 0.4) is 0 Å². The van der Waals surface area contributed by atoms with Crippen molar-refractivity contribution in [2.24, 2.45) is 0 Å². The van der Waals surface area contributed by atoms with Crippen LogP contribution >= 0.6 is 22.9 Å². The summed E-state index contributed by atoms with van der Waals surface area (Å²) in [5.74, 6) is -0.430. The van der Waals surface area contributed by atoms with Gasteiger partial charge in [0.05, 0.1) is 10.6 Å². The second-order valence-electron chi connectivity index (χ2n) is 7.24. The van der Waals surface area contributed by atoms with E-state index in [9.17, 15) is 14.9 Å². The zero-order chi connectivity index (χ0) is 20.5. The number of nitro benzene ring substituents is 1. The smallest absolute Gasteiger partial charge is 0.287 e. The van der Waals surface area contributed by atoms with Crippen LogP contribution in [0.2, 0.25) is 5.02 Å². The summed E-state index contributed by atoms with van der Waals surface area (Å²) in [5.41, 5.74) is 3.02. The standard InChI is InChI=1S/C20H18ClN3O3S/c1-20(2,3)14-7-4-12(5-8-14)16-11-28-19(22-16)23-18(25)13-6-9-17(24(26)27)15(21)10-13/h4-11H,1-3H3,(H,22,23,25). The SMILES string of the molecule is CC(C)(C)c1ccc(-c2csc(NC(=O)c3ccc([N+](=O)[O-])c(Cl)c3)n2)cc1. The van der Waals surface area contributed by atoms with Crippen LogP contribution in [0, 0.1) is 10.1 Å². The number of thiazole rings is 1. The Morgan fingerprint density at radius 3 is 2.43 bits per heavy atom. The molecule has 0 saturated carbocycles. The molecule has 144 valence electrons. The lowest BCUT2D eigenvalue weighted by Gasteiger charge is -2.18. The molecular formula is C20H18ClN3O3S. The quantitative estimate of drug-likeness (QED) is 0.423. The van der Waals surface area contributed by atoms with Gasteiger partial charge >= 0.3 is 0 Å². The fraction of sp³-hybridized carbons (Fsp3) is 0.200. The minimum atomic E-state index is -0.595. The van der Waals surface area contributed by atoms with Crippen molar-refractivity contribution in [1.82, 2.24) is 4.98 Å². The van der Waals surface area contributed by atoms with Gasteiger partial charge in [0.2, 0.25) is 0 Å². The highest BCUT2D eigenvalue weighted by Gasteiger charge is 2.17. The third-order valence-corrected chi connectivity index (χ3v) is 5.24. The summed E-state index contributed by atoms with van der Waals surface area (Å²) in [6.07, 6.45) is 0. The van der Waals surface area contributed by atoms with Gasteiger partial charge in [-0.1, -0.05) is 56.6 Å². The van der Waals surface area contributed by atoms with Crippen LogP contribution in [0.5, 0.6) is 0 Å². The minimum absolute atomic E-state index is 0.0752. The van der Waals surface area contributed by atoms with Crippen LogP contribution < -0.4 is 5.32 Å². The number of benzene rings is 2. The fourth-order valence-corrected chi connectivity index (χ4v) is 3.53. The Balaban J connectivity index is 1.75. The molecule has 1 amide bonds. The molecule has 0 fully saturated rings. The number of hydrogen-bond acceptors (Lipinski definition) is 5. The van der Waals surface area contributed by atoms with Crippen molar-refractivity contribution < 1.29 is 9.72 Å². The van der Waals surface area contributed by atoms with E-state index >= 15 is 0 Å². The summed E-state index contributed by atoms with van der Waals surface area (Å²) < 4.78 is 0. The molecule has 0 radical (unpaired) electrons. The molecular weight excluding hydrogens is 398 g/mol. The molecule has 0 atom stereocenters. The van der Waals surface area contributed by atoms with Gasteiger partial charge in [0.15, 0.2) is 5.13 Å². The van der Waals surface area contributed by atoms with Crippen molar-refractivity contribution in [1.29, 1.82) is 0 Å². The number of hydrogen-bond donors (Lipinski definition) is 1. The van der Waals surface area contributed by atoms with Gasteiger partial charge in [-0.05, 0) is 23.1 Å². The van der Waals surface area contributed by atoms with Crippen LogP contribution in [0.4, 0.5) is 10.8 Å². The van der Waals surface area contributed by atoms with Crippen LogP contribution in [-0.4, -0.2) is 15.8 Å². The Bertz CT molecular complexity index is 1040. The Kier molecular flexibility index (Phi) is 5.49. The molecule has 8 heteroatoms. The van der Waals surface area contributed by atoms with E-state index < -0.39 is 10.8 Å². The molecule has 6 nitrogen and oxygen atoms in total. The van der Waals surface area contributed by atoms with E-state index in [1.54, 1.807) is 0 Å². The number of nitrogens with one attached hydrogen (secondary N) is 1. The zero-order valence-electron chi connectivity index (χ0n) is 15.5. The molecule has 0 saturated heterocycles. The van der Waals surface area contributed by atoms with Gasteiger partial charge in [-0.3, -0.25) is 20.2 Å². The maximum atomic E-state index is 12.4. The predicted octanol–water partition coefficient (Wildman–Crippen LogP) is 5.92. The van der Waals surface area contributed by atoms with E-state index in [1.807, 2.05) is 17.5 Å². The topological polar surface area (TPSA) is 85.1 Å². The molecule has 0 aliphatic carbocycles. The summed E-state index contributed by atoms with van der Waals surface area (Å²) in [5, 5.41) is 15.7. The average molecular weight is 416 g/mol. The number of carbonyl (C=O) groups is 1. The maximum absolute atomic E-state index is 12.4. The first-order chi connectivity index (χ1) is 13.1. The summed E-state index contributed by atoms with van der Waals surface area (Å²) in [4.78, 5) is 27.1. The predicted molar refractivity (Wildman–Crippen MR) is 112 cm³/mol. The minimum Gasteiger partial charge on any atom is -0.298 e. The van der Waals surface area contributed by atoms with Crippen LogP contribution in [0.25, 0.3) is 11.3 Å². The van der Waals surface area contributed by atoms with E-state index in [1.165, 1.54) is 35.1 Å². The molecule has 3 rings (SSSR count). The summed E-state index contributed by atoms with van der Waals surface area (Å²) in [7, 11) is 0. The van der Waals surface area contributed by atoms with Crippen molar-refractivity contribution in [2.75, 3.05) is 5.32 Å². The normalized spacial score (nSPS) is 11.3. The first kappa shape index (κ1) is 20.0. The lowest BCUT2D eigenvalue weighted by atomic mass is 9.86. The molecule has 0 bridgehead atoms. The Morgan fingerprint density at radius 1 is 1.18 bits per heavy atom. The van der Waals surface area contributed by atoms with E-state index in [0.717, 1.165) is 11.3 Å². The van der Waals surface area contributed by atoms with E-state index in [0.29, 0.717) is 5.13 Å². The number of amides is 1. The van der Waals surface area contributed by atoms with Gasteiger partial charge < -0.3 is 0 Å². The van der Waals surface area contributed by atoms with Gasteiger partial charge in [0.1, 0.15) is 5.02 Å². The third kappa shape index (κ3) is 4.37. The van der Waals surface area contributed by atoms with Gasteiger partial charge in [-0.2, -0.15) is 0 Å². The molecule has 0 aliphatic heterocycles. The summed E-state index contributed by atoms with van der Waals surface area (Å²) >= 11 is 7.17. The monoisotopic (exact) mass is 415 g/mol. The van der Waals surface area contributed by atoms with E-state index in [-0.39, 0.29) is 21.7 Å². The Labute approximate surface area is 171 Å². The lowest BCUT2D eigenvalue weighted by Crippen LogP contribution is -2.11. The first-order valence-electron chi connectivity index (χ1n) is 8.47. The number of carbonyl (C=O) groups excluding carboxylic acids is 1. The summed E-state index contributed by atoms with van der Waals surface area (Å²) in [6.45, 7) is 6.47. The van der Waals surface area contributed by atoms with Gasteiger partial charge in [0.25, 0.3) is 11.6 Å². The lowest BCUT2D eigenvalue weighted by molar-refractivity contribution is -0.384. The van der Waals surface area contributed by atoms with Crippen LogP contribution in [-0.2, 0) is 5.41 Å². The molecule has 0 aliphatic rings. The molecule has 2 aromatic carbocycles. The van der Waals surface area contributed by atoms with Crippen LogP contribution in [0.15, 0.2) is 47.8 Å². The zero-order valence-corrected chi connectivity index (χ0v) is 17.1. The second kappa shape index (κ2) is 7.69. The van der Waals surface area contributed by atoms with E-state index in [2.05, 4.69) is 43.2 Å². The molecule has 0 unspecified atom stereocenters. The van der Waals surface area contributed by atoms with Crippen molar-refractivity contribution in [3.63, 3.8) is 0 Å². The number of aromatic nitrogens is 1.